The van der Waals surface area contributed by atoms with E-state index in [-0.39, 0.29) is 24.0 Å². The van der Waals surface area contributed by atoms with Crippen molar-refractivity contribution in [3.63, 3.8) is 0 Å². The Morgan fingerprint density at radius 3 is 2.22 bits per heavy atom. The van der Waals surface area contributed by atoms with Gasteiger partial charge in [0.25, 0.3) is 0 Å². The minimum Gasteiger partial charge on any atom is -0.444 e. The van der Waals surface area contributed by atoms with Gasteiger partial charge in [-0.25, -0.2) is 13.6 Å². The predicted molar refractivity (Wildman–Crippen MR) is 114 cm³/mol. The number of aliphatic imine (C=N–C) groups is 1. The highest BCUT2D eigenvalue weighted by Gasteiger charge is 2.15. The molecule has 0 unspecified atom stereocenters. The van der Waals surface area contributed by atoms with E-state index in [0.717, 1.165) is 6.07 Å². The summed E-state index contributed by atoms with van der Waals surface area (Å²) in [6.07, 6.45) is -0.0594. The number of nitrogens with zero attached hydrogens (tertiary/aromatic N) is 1. The number of carbonyl (C=O) groups excluding carboxylic acids is 1. The van der Waals surface area contributed by atoms with Crippen molar-refractivity contribution in [2.45, 2.75) is 39.7 Å². The van der Waals surface area contributed by atoms with Gasteiger partial charge in [-0.15, -0.1) is 24.0 Å². The van der Waals surface area contributed by atoms with Crippen molar-refractivity contribution < 1.29 is 18.3 Å². The van der Waals surface area contributed by atoms with Crippen LogP contribution in [0.4, 0.5) is 13.6 Å². The lowest BCUT2D eigenvalue weighted by atomic mass is 10.1. The summed E-state index contributed by atoms with van der Waals surface area (Å²) in [7, 11) is 0. The van der Waals surface area contributed by atoms with Crippen molar-refractivity contribution in [2.75, 3.05) is 26.2 Å². The van der Waals surface area contributed by atoms with Crippen LogP contribution in [0.1, 0.15) is 33.3 Å². The number of guanidine groups is 1. The summed E-state index contributed by atoms with van der Waals surface area (Å²) in [6, 6.07) is 3.43. The second-order valence-electron chi connectivity index (χ2n) is 6.64. The maximum atomic E-state index is 13.2. The molecule has 0 atom stereocenters. The first kappa shape index (κ1) is 25.4. The first-order chi connectivity index (χ1) is 12.2. The van der Waals surface area contributed by atoms with Crippen LogP contribution in [0.25, 0.3) is 0 Å². The summed E-state index contributed by atoms with van der Waals surface area (Å²) >= 11 is 0. The third-order valence-electron chi connectivity index (χ3n) is 3.02. The number of carbonyl (C=O) groups is 1. The SMILES string of the molecule is CCNC(=NCCc1cc(F)cc(F)c1)NCCNC(=O)OC(C)(C)C.I. The fraction of sp³-hybridized carbons (Fsp3) is 0.556. The van der Waals surface area contributed by atoms with Crippen LogP contribution in [0.3, 0.4) is 0 Å². The summed E-state index contributed by atoms with van der Waals surface area (Å²) in [5, 5.41) is 8.77. The Hall–Kier alpha value is -1.65. The summed E-state index contributed by atoms with van der Waals surface area (Å²) in [5.41, 5.74) is 0.0123. The van der Waals surface area contributed by atoms with Crippen molar-refractivity contribution in [3.8, 4) is 0 Å². The Morgan fingerprint density at radius 1 is 1.07 bits per heavy atom. The Morgan fingerprint density at radius 2 is 1.67 bits per heavy atom. The van der Waals surface area contributed by atoms with Crippen LogP contribution in [0.5, 0.6) is 0 Å². The highest BCUT2D eigenvalue weighted by atomic mass is 127. The molecule has 0 bridgehead atoms. The van der Waals surface area contributed by atoms with Gasteiger partial charge in [0.1, 0.15) is 17.2 Å². The van der Waals surface area contributed by atoms with Crippen LogP contribution in [0, 0.1) is 11.6 Å². The Labute approximate surface area is 176 Å². The van der Waals surface area contributed by atoms with Crippen LogP contribution in [0.15, 0.2) is 23.2 Å². The van der Waals surface area contributed by atoms with Gasteiger partial charge in [-0.1, -0.05) is 0 Å². The number of rotatable bonds is 7. The van der Waals surface area contributed by atoms with Gasteiger partial charge < -0.3 is 20.7 Å². The minimum absolute atomic E-state index is 0. The first-order valence-electron chi connectivity index (χ1n) is 8.63. The molecule has 0 aliphatic heterocycles. The molecular weight excluding hydrogens is 469 g/mol. The number of alkyl carbamates (subject to hydrolysis) is 1. The van der Waals surface area contributed by atoms with E-state index in [1.807, 2.05) is 6.92 Å². The van der Waals surface area contributed by atoms with E-state index in [4.69, 9.17) is 4.74 Å². The molecule has 1 aromatic rings. The number of hydrogen-bond acceptors (Lipinski definition) is 3. The predicted octanol–water partition coefficient (Wildman–Crippen LogP) is 3.21. The van der Waals surface area contributed by atoms with Crippen molar-refractivity contribution in [3.05, 3.63) is 35.4 Å². The van der Waals surface area contributed by atoms with Crippen molar-refractivity contribution in [1.82, 2.24) is 16.0 Å². The van der Waals surface area contributed by atoms with Crippen LogP contribution in [-0.4, -0.2) is 43.8 Å². The first-order valence-corrected chi connectivity index (χ1v) is 8.63. The van der Waals surface area contributed by atoms with Crippen molar-refractivity contribution >= 4 is 36.0 Å². The van der Waals surface area contributed by atoms with E-state index >= 15 is 0 Å². The Kier molecular flexibility index (Phi) is 11.9. The minimum atomic E-state index is -0.595. The monoisotopic (exact) mass is 498 g/mol. The normalized spacial score (nSPS) is 11.4. The van der Waals surface area contributed by atoms with Crippen molar-refractivity contribution in [1.29, 1.82) is 0 Å². The maximum absolute atomic E-state index is 13.2. The zero-order valence-electron chi connectivity index (χ0n) is 16.2. The molecule has 154 valence electrons. The number of amides is 1. The molecule has 0 saturated carbocycles. The number of benzene rings is 1. The van der Waals surface area contributed by atoms with E-state index in [1.54, 1.807) is 20.8 Å². The number of ether oxygens (including phenoxy) is 1. The molecule has 0 heterocycles. The van der Waals surface area contributed by atoms with Gasteiger partial charge in [0.05, 0.1) is 0 Å². The van der Waals surface area contributed by atoms with Crippen molar-refractivity contribution in [2.24, 2.45) is 4.99 Å². The van der Waals surface area contributed by atoms with Gasteiger partial charge in [-0.3, -0.25) is 4.99 Å². The highest BCUT2D eigenvalue weighted by Crippen LogP contribution is 2.08. The van der Waals surface area contributed by atoms with Gasteiger partial charge in [-0.2, -0.15) is 0 Å². The summed E-state index contributed by atoms with van der Waals surface area (Å²) in [5.74, 6) is -0.625. The lowest BCUT2D eigenvalue weighted by Gasteiger charge is -2.19. The highest BCUT2D eigenvalue weighted by molar-refractivity contribution is 14.0. The largest absolute Gasteiger partial charge is 0.444 e. The van der Waals surface area contributed by atoms with Crippen LogP contribution in [-0.2, 0) is 11.2 Å². The van der Waals surface area contributed by atoms with Gasteiger partial charge in [0.2, 0.25) is 0 Å². The lowest BCUT2D eigenvalue weighted by Crippen LogP contribution is -2.42. The van der Waals surface area contributed by atoms with E-state index in [1.165, 1.54) is 12.1 Å². The summed E-state index contributed by atoms with van der Waals surface area (Å²) in [4.78, 5) is 15.9. The third-order valence-corrected chi connectivity index (χ3v) is 3.02. The second-order valence-corrected chi connectivity index (χ2v) is 6.64. The molecule has 1 aromatic carbocycles. The zero-order chi connectivity index (χ0) is 19.6. The summed E-state index contributed by atoms with van der Waals surface area (Å²) < 4.78 is 31.5. The molecule has 0 saturated heterocycles. The number of hydrogen-bond donors (Lipinski definition) is 3. The van der Waals surface area contributed by atoms with Crippen LogP contribution < -0.4 is 16.0 Å². The quantitative estimate of drug-likeness (QED) is 0.234. The van der Waals surface area contributed by atoms with E-state index in [2.05, 4.69) is 20.9 Å². The van der Waals surface area contributed by atoms with Crippen LogP contribution >= 0.6 is 24.0 Å². The summed E-state index contributed by atoms with van der Waals surface area (Å²) in [6.45, 7) is 9.19. The molecule has 0 aliphatic rings. The van der Waals surface area contributed by atoms with Gasteiger partial charge in [-0.05, 0) is 51.8 Å². The van der Waals surface area contributed by atoms with Gasteiger partial charge in [0.15, 0.2) is 5.96 Å². The van der Waals surface area contributed by atoms with Gasteiger partial charge in [0, 0.05) is 32.2 Å². The molecule has 1 rings (SSSR count). The maximum Gasteiger partial charge on any atom is 0.407 e. The zero-order valence-corrected chi connectivity index (χ0v) is 18.5. The molecule has 9 heteroatoms. The standard InChI is InChI=1S/C18H28F2N4O2.HI/c1-5-21-16(23-8-9-24-17(25)26-18(2,3)4)22-7-6-13-10-14(19)12-15(20)11-13;/h10-12H,5-9H2,1-4H3,(H,24,25)(H2,21,22,23);1H. The smallest absolute Gasteiger partial charge is 0.407 e. The average molecular weight is 498 g/mol. The molecule has 1 amide bonds. The Bertz CT molecular complexity index is 602. The molecule has 0 aliphatic carbocycles. The Balaban J connectivity index is 0.00000676. The molecule has 6 nitrogen and oxygen atoms in total. The molecular formula is C18H29F2IN4O2. The molecule has 0 spiro atoms. The number of halogens is 3. The van der Waals surface area contributed by atoms with Crippen LogP contribution in [0.2, 0.25) is 0 Å². The average Bonchev–Trinajstić information content (AvgIpc) is 2.48. The molecule has 27 heavy (non-hydrogen) atoms. The molecule has 3 N–H and O–H groups in total. The third kappa shape index (κ3) is 12.4. The molecule has 0 radical (unpaired) electrons. The van der Waals surface area contributed by atoms with E-state index < -0.39 is 23.3 Å². The number of nitrogens with one attached hydrogen (secondary N) is 3. The fourth-order valence-corrected chi connectivity index (χ4v) is 2.05. The van der Waals surface area contributed by atoms with Gasteiger partial charge >= 0.3 is 6.09 Å². The topological polar surface area (TPSA) is 74.8 Å². The lowest BCUT2D eigenvalue weighted by molar-refractivity contribution is 0.0529. The fourth-order valence-electron chi connectivity index (χ4n) is 2.05. The molecule has 0 fully saturated rings. The van der Waals surface area contributed by atoms with E-state index in [9.17, 15) is 13.6 Å². The van der Waals surface area contributed by atoms with E-state index in [0.29, 0.717) is 44.1 Å². The molecule has 0 aromatic heterocycles. The second kappa shape index (κ2) is 12.7.